The van der Waals surface area contributed by atoms with Crippen LogP contribution in [0.2, 0.25) is 0 Å². The Labute approximate surface area is 140 Å². The Morgan fingerprint density at radius 1 is 1.33 bits per heavy atom. The van der Waals surface area contributed by atoms with Crippen LogP contribution >= 0.6 is 11.3 Å². The lowest BCUT2D eigenvalue weighted by atomic mass is 10.1. The number of amides is 1. The summed E-state index contributed by atoms with van der Waals surface area (Å²) in [5.41, 5.74) is 0.503. The molecule has 1 amide bonds. The predicted octanol–water partition coefficient (Wildman–Crippen LogP) is 1.65. The number of H-pyrrole nitrogens is 2. The average molecular weight is 342 g/mol. The third-order valence-corrected chi connectivity index (χ3v) is 4.98. The largest absolute Gasteiger partial charge is 0.332 e. The number of pyridine rings is 1. The molecular formula is C16H14N4O3S. The zero-order valence-corrected chi connectivity index (χ0v) is 13.4. The standard InChI is InChI=1S/C16H14N4O3S/c21-14-11-6-10(7-17-13(11)18-16(23)19-14)15(22)20-4-1-2-12(20)9-3-5-24-8-9/h3,5-8,12H,1-2,4H2,(H2,17,18,19,21,23)/t12-/m1/s1. The van der Waals surface area contributed by atoms with Gasteiger partial charge in [-0.1, -0.05) is 0 Å². The average Bonchev–Trinajstić information content (AvgIpc) is 3.24. The van der Waals surface area contributed by atoms with E-state index < -0.39 is 11.2 Å². The van der Waals surface area contributed by atoms with Crippen molar-refractivity contribution in [3.8, 4) is 0 Å². The van der Waals surface area contributed by atoms with Crippen molar-refractivity contribution in [2.45, 2.75) is 18.9 Å². The number of hydrogen-bond acceptors (Lipinski definition) is 5. The molecule has 3 aromatic heterocycles. The lowest BCUT2D eigenvalue weighted by Crippen LogP contribution is -2.31. The number of nitrogens with zero attached hydrogens (tertiary/aromatic N) is 2. The molecule has 7 nitrogen and oxygen atoms in total. The van der Waals surface area contributed by atoms with Gasteiger partial charge in [0, 0.05) is 12.7 Å². The van der Waals surface area contributed by atoms with Gasteiger partial charge >= 0.3 is 5.69 Å². The first-order chi connectivity index (χ1) is 11.6. The summed E-state index contributed by atoms with van der Waals surface area (Å²) in [7, 11) is 0. The van der Waals surface area contributed by atoms with Gasteiger partial charge < -0.3 is 4.90 Å². The SMILES string of the molecule is O=C(c1cnc2[nH]c(=O)[nH]c(=O)c2c1)N1CCC[C@@H]1c1ccsc1. The number of likely N-dealkylation sites (tertiary alicyclic amines) is 1. The zero-order chi connectivity index (χ0) is 16.7. The van der Waals surface area contributed by atoms with Crippen molar-refractivity contribution >= 4 is 28.3 Å². The maximum atomic E-state index is 12.9. The minimum Gasteiger partial charge on any atom is -0.332 e. The number of aromatic nitrogens is 3. The van der Waals surface area contributed by atoms with Crippen molar-refractivity contribution in [2.24, 2.45) is 0 Å². The van der Waals surface area contributed by atoms with Gasteiger partial charge in [-0.25, -0.2) is 9.78 Å². The highest BCUT2D eigenvalue weighted by atomic mass is 32.1. The first-order valence-corrected chi connectivity index (χ1v) is 8.53. The number of carbonyl (C=O) groups excluding carboxylic acids is 1. The molecule has 24 heavy (non-hydrogen) atoms. The summed E-state index contributed by atoms with van der Waals surface area (Å²) < 4.78 is 0. The van der Waals surface area contributed by atoms with E-state index in [1.54, 1.807) is 11.3 Å². The molecule has 2 N–H and O–H groups in total. The van der Waals surface area contributed by atoms with E-state index in [1.807, 2.05) is 16.3 Å². The second-order valence-electron chi connectivity index (χ2n) is 5.74. The van der Waals surface area contributed by atoms with Crippen LogP contribution in [-0.4, -0.2) is 32.3 Å². The Balaban J connectivity index is 1.73. The van der Waals surface area contributed by atoms with E-state index in [1.165, 1.54) is 12.3 Å². The minimum atomic E-state index is -0.615. The predicted molar refractivity (Wildman–Crippen MR) is 90.3 cm³/mol. The normalized spacial score (nSPS) is 17.5. The molecule has 1 aliphatic heterocycles. The molecule has 0 spiro atoms. The highest BCUT2D eigenvalue weighted by Crippen LogP contribution is 2.34. The Bertz CT molecular complexity index is 1020. The summed E-state index contributed by atoms with van der Waals surface area (Å²) in [6.45, 7) is 0.680. The maximum Gasteiger partial charge on any atom is 0.327 e. The van der Waals surface area contributed by atoms with Crippen LogP contribution in [0.1, 0.15) is 34.8 Å². The van der Waals surface area contributed by atoms with Gasteiger partial charge in [-0.05, 0) is 41.3 Å². The first-order valence-electron chi connectivity index (χ1n) is 7.59. The summed E-state index contributed by atoms with van der Waals surface area (Å²) >= 11 is 1.61. The van der Waals surface area contributed by atoms with Crippen LogP contribution in [0.4, 0.5) is 0 Å². The van der Waals surface area contributed by atoms with E-state index in [0.717, 1.165) is 18.4 Å². The molecule has 1 aliphatic rings. The fourth-order valence-corrected chi connectivity index (χ4v) is 3.86. The monoisotopic (exact) mass is 342 g/mol. The van der Waals surface area contributed by atoms with E-state index in [4.69, 9.17) is 0 Å². The van der Waals surface area contributed by atoms with Crippen LogP contribution in [0.5, 0.6) is 0 Å². The van der Waals surface area contributed by atoms with Crippen molar-refractivity contribution in [3.05, 3.63) is 61.1 Å². The van der Waals surface area contributed by atoms with Gasteiger partial charge in [0.15, 0.2) is 0 Å². The van der Waals surface area contributed by atoms with E-state index in [9.17, 15) is 14.4 Å². The second kappa shape index (κ2) is 5.72. The lowest BCUT2D eigenvalue weighted by molar-refractivity contribution is 0.0735. The smallest absolute Gasteiger partial charge is 0.327 e. The van der Waals surface area contributed by atoms with Gasteiger partial charge in [-0.3, -0.25) is 19.6 Å². The number of nitrogens with one attached hydrogen (secondary N) is 2. The Morgan fingerprint density at radius 2 is 2.21 bits per heavy atom. The number of rotatable bonds is 2. The highest BCUT2D eigenvalue weighted by molar-refractivity contribution is 7.08. The molecule has 1 fully saturated rings. The summed E-state index contributed by atoms with van der Waals surface area (Å²) in [5, 5.41) is 4.26. The van der Waals surface area contributed by atoms with Crippen LogP contribution in [0.3, 0.4) is 0 Å². The van der Waals surface area contributed by atoms with Crippen LogP contribution in [0, 0.1) is 0 Å². The molecule has 8 heteroatoms. The third-order valence-electron chi connectivity index (χ3n) is 4.28. The van der Waals surface area contributed by atoms with Gasteiger partial charge in [0.25, 0.3) is 11.5 Å². The highest BCUT2D eigenvalue weighted by Gasteiger charge is 2.31. The van der Waals surface area contributed by atoms with Crippen molar-refractivity contribution < 1.29 is 4.79 Å². The molecule has 122 valence electrons. The molecule has 0 bridgehead atoms. The van der Waals surface area contributed by atoms with Crippen molar-refractivity contribution in [1.82, 2.24) is 19.9 Å². The number of aromatic amines is 2. The van der Waals surface area contributed by atoms with E-state index in [2.05, 4.69) is 20.3 Å². The van der Waals surface area contributed by atoms with Gasteiger partial charge in [0.05, 0.1) is 17.0 Å². The number of carbonyl (C=O) groups is 1. The maximum absolute atomic E-state index is 12.9. The van der Waals surface area contributed by atoms with Gasteiger partial charge in [0.2, 0.25) is 0 Å². The van der Waals surface area contributed by atoms with Crippen LogP contribution < -0.4 is 11.2 Å². The lowest BCUT2D eigenvalue weighted by Gasteiger charge is -2.24. The second-order valence-corrected chi connectivity index (χ2v) is 6.52. The van der Waals surface area contributed by atoms with E-state index >= 15 is 0 Å². The molecule has 4 rings (SSSR count). The number of fused-ring (bicyclic) bond motifs is 1. The van der Waals surface area contributed by atoms with Gasteiger partial charge in [-0.2, -0.15) is 11.3 Å². The molecule has 3 aromatic rings. The zero-order valence-electron chi connectivity index (χ0n) is 12.6. The Kier molecular flexibility index (Phi) is 3.53. The molecular weight excluding hydrogens is 328 g/mol. The van der Waals surface area contributed by atoms with E-state index in [-0.39, 0.29) is 23.0 Å². The molecule has 0 unspecified atom stereocenters. The van der Waals surface area contributed by atoms with E-state index in [0.29, 0.717) is 12.1 Å². The Morgan fingerprint density at radius 3 is 3.00 bits per heavy atom. The fraction of sp³-hybridized carbons (Fsp3) is 0.250. The minimum absolute atomic E-state index is 0.0633. The van der Waals surface area contributed by atoms with Crippen LogP contribution in [0.25, 0.3) is 11.0 Å². The third kappa shape index (κ3) is 2.44. The number of thiophene rings is 1. The number of hydrogen-bond donors (Lipinski definition) is 2. The Hall–Kier alpha value is -2.74. The molecule has 1 atom stereocenters. The van der Waals surface area contributed by atoms with Crippen LogP contribution in [0.15, 0.2) is 38.7 Å². The van der Waals surface area contributed by atoms with Crippen LogP contribution in [-0.2, 0) is 0 Å². The van der Waals surface area contributed by atoms with Crippen molar-refractivity contribution in [3.63, 3.8) is 0 Å². The van der Waals surface area contributed by atoms with Gasteiger partial charge in [-0.15, -0.1) is 0 Å². The summed E-state index contributed by atoms with van der Waals surface area (Å²) in [6, 6.07) is 3.59. The summed E-state index contributed by atoms with van der Waals surface area (Å²) in [4.78, 5) is 46.6. The van der Waals surface area contributed by atoms with Crippen molar-refractivity contribution in [2.75, 3.05) is 6.54 Å². The molecule has 4 heterocycles. The van der Waals surface area contributed by atoms with Crippen molar-refractivity contribution in [1.29, 1.82) is 0 Å². The molecule has 1 saturated heterocycles. The topological polar surface area (TPSA) is 98.9 Å². The molecule has 0 aliphatic carbocycles. The molecule has 0 saturated carbocycles. The molecule has 0 radical (unpaired) electrons. The summed E-state index contributed by atoms with van der Waals surface area (Å²) in [5.74, 6) is -0.149. The quantitative estimate of drug-likeness (QED) is 0.740. The fourth-order valence-electron chi connectivity index (χ4n) is 3.15. The van der Waals surface area contributed by atoms with Gasteiger partial charge in [0.1, 0.15) is 5.65 Å². The first kappa shape index (κ1) is 14.8. The molecule has 0 aromatic carbocycles. The summed E-state index contributed by atoms with van der Waals surface area (Å²) in [6.07, 6.45) is 3.28.